The minimum Gasteiger partial charge on any atom is -0.296 e. The number of amides is 1. The summed E-state index contributed by atoms with van der Waals surface area (Å²) in [5.41, 5.74) is 4.48. The highest BCUT2D eigenvalue weighted by Gasteiger charge is 2.17. The molecule has 0 aromatic carbocycles. The number of carbonyl (C=O) groups excluding carboxylic acids is 1. The average Bonchev–Trinajstić information content (AvgIpc) is 3.16. The van der Waals surface area contributed by atoms with Gasteiger partial charge in [-0.25, -0.2) is 9.50 Å². The van der Waals surface area contributed by atoms with Crippen LogP contribution in [0.5, 0.6) is 0 Å². The third kappa shape index (κ3) is 3.08. The molecule has 0 saturated carbocycles. The summed E-state index contributed by atoms with van der Waals surface area (Å²) in [5.74, 6) is 0.265. The van der Waals surface area contributed by atoms with Gasteiger partial charge in [-0.05, 0) is 42.8 Å². The van der Waals surface area contributed by atoms with Crippen LogP contribution in [0.25, 0.3) is 16.8 Å². The number of carbonyl (C=O) groups is 1. The lowest BCUT2D eigenvalue weighted by molar-refractivity contribution is 0.0992. The summed E-state index contributed by atoms with van der Waals surface area (Å²) in [4.78, 5) is 23.0. The predicted octanol–water partition coefficient (Wildman–Crippen LogP) is 3.25. The number of anilines is 1. The molecule has 28 heavy (non-hydrogen) atoms. The first-order chi connectivity index (χ1) is 13.6. The highest BCUT2D eigenvalue weighted by Crippen LogP contribution is 2.24. The standard InChI is InChI=1S/C21H16N6O/c1-14-3-5-18(23-11-14)17-13-25-27-8-7-16(9-19(17)27)21(28)26(2)20-6-4-15(10-22)12-24-20/h3-9,11-13H,1-2H3. The third-order valence-electron chi connectivity index (χ3n) is 4.48. The Balaban J connectivity index is 1.70. The van der Waals surface area contributed by atoms with Gasteiger partial charge in [-0.15, -0.1) is 0 Å². The summed E-state index contributed by atoms with van der Waals surface area (Å²) < 4.78 is 1.72. The van der Waals surface area contributed by atoms with Gasteiger partial charge in [-0.2, -0.15) is 10.4 Å². The summed E-state index contributed by atoms with van der Waals surface area (Å²) in [5, 5.41) is 13.2. The van der Waals surface area contributed by atoms with E-state index < -0.39 is 0 Å². The lowest BCUT2D eigenvalue weighted by atomic mass is 10.1. The number of fused-ring (bicyclic) bond motifs is 1. The number of aromatic nitrogens is 4. The van der Waals surface area contributed by atoms with Gasteiger partial charge in [-0.3, -0.25) is 14.7 Å². The molecule has 7 heteroatoms. The van der Waals surface area contributed by atoms with Gasteiger partial charge in [0.25, 0.3) is 5.91 Å². The average molecular weight is 368 g/mol. The highest BCUT2D eigenvalue weighted by atomic mass is 16.2. The number of nitrogens with zero attached hydrogens (tertiary/aromatic N) is 6. The molecule has 0 aliphatic carbocycles. The van der Waals surface area contributed by atoms with Crippen molar-refractivity contribution in [1.29, 1.82) is 5.26 Å². The maximum absolute atomic E-state index is 12.9. The fraction of sp³-hybridized carbons (Fsp3) is 0.0952. The predicted molar refractivity (Wildman–Crippen MR) is 105 cm³/mol. The van der Waals surface area contributed by atoms with Crippen molar-refractivity contribution in [3.05, 3.63) is 77.9 Å². The minimum atomic E-state index is -0.205. The van der Waals surface area contributed by atoms with E-state index in [1.807, 2.05) is 25.1 Å². The van der Waals surface area contributed by atoms with Crippen LogP contribution in [0.1, 0.15) is 21.5 Å². The van der Waals surface area contributed by atoms with Gasteiger partial charge in [0.2, 0.25) is 0 Å². The molecule has 0 radical (unpaired) electrons. The van der Waals surface area contributed by atoms with Crippen molar-refractivity contribution >= 4 is 17.2 Å². The Labute approximate surface area is 161 Å². The van der Waals surface area contributed by atoms with Gasteiger partial charge in [0.15, 0.2) is 0 Å². The number of rotatable bonds is 3. The van der Waals surface area contributed by atoms with Crippen molar-refractivity contribution in [2.45, 2.75) is 6.92 Å². The van der Waals surface area contributed by atoms with Crippen molar-refractivity contribution in [1.82, 2.24) is 19.6 Å². The topological polar surface area (TPSA) is 87.2 Å². The number of nitriles is 1. The van der Waals surface area contributed by atoms with Crippen molar-refractivity contribution in [3.8, 4) is 17.3 Å². The number of aryl methyl sites for hydroxylation is 1. The maximum atomic E-state index is 12.9. The van der Waals surface area contributed by atoms with E-state index in [-0.39, 0.29) is 5.91 Å². The summed E-state index contributed by atoms with van der Waals surface area (Å²) >= 11 is 0. The van der Waals surface area contributed by atoms with Crippen molar-refractivity contribution in [2.24, 2.45) is 0 Å². The maximum Gasteiger partial charge on any atom is 0.259 e. The zero-order valence-corrected chi connectivity index (χ0v) is 15.4. The molecule has 1 amide bonds. The molecular formula is C21H16N6O. The van der Waals surface area contributed by atoms with Crippen LogP contribution in [-0.4, -0.2) is 32.5 Å². The first-order valence-corrected chi connectivity index (χ1v) is 8.61. The molecule has 4 aromatic rings. The van der Waals surface area contributed by atoms with Gasteiger partial charge in [0.05, 0.1) is 23.0 Å². The van der Waals surface area contributed by atoms with Crippen molar-refractivity contribution < 1.29 is 4.79 Å². The zero-order chi connectivity index (χ0) is 19.7. The monoisotopic (exact) mass is 368 g/mol. The van der Waals surface area contributed by atoms with E-state index in [4.69, 9.17) is 5.26 Å². The number of hydrogen-bond acceptors (Lipinski definition) is 5. The number of hydrogen-bond donors (Lipinski definition) is 0. The molecule has 4 aromatic heterocycles. The van der Waals surface area contributed by atoms with Gasteiger partial charge in [0, 0.05) is 36.8 Å². The van der Waals surface area contributed by atoms with Crippen LogP contribution < -0.4 is 4.90 Å². The zero-order valence-electron chi connectivity index (χ0n) is 15.4. The molecule has 4 heterocycles. The lowest BCUT2D eigenvalue weighted by Gasteiger charge is -2.16. The lowest BCUT2D eigenvalue weighted by Crippen LogP contribution is -2.27. The van der Waals surface area contributed by atoms with Crippen LogP contribution in [-0.2, 0) is 0 Å². The molecule has 0 fully saturated rings. The molecule has 4 rings (SSSR count). The molecule has 0 aliphatic rings. The highest BCUT2D eigenvalue weighted by molar-refractivity contribution is 6.06. The third-order valence-corrected chi connectivity index (χ3v) is 4.48. The first kappa shape index (κ1) is 17.4. The molecule has 0 bridgehead atoms. The van der Waals surface area contributed by atoms with E-state index in [0.29, 0.717) is 16.9 Å². The van der Waals surface area contributed by atoms with Crippen LogP contribution in [0.2, 0.25) is 0 Å². The van der Waals surface area contributed by atoms with Crippen molar-refractivity contribution in [3.63, 3.8) is 0 Å². The molecule has 0 aliphatic heterocycles. The SMILES string of the molecule is Cc1ccc(-c2cnn3ccc(C(=O)N(C)c4ccc(C#N)cn4)cc23)nc1. The normalized spacial score (nSPS) is 10.6. The second kappa shape index (κ2) is 6.93. The van der Waals surface area contributed by atoms with Gasteiger partial charge in [0.1, 0.15) is 11.9 Å². The van der Waals surface area contributed by atoms with E-state index >= 15 is 0 Å². The van der Waals surface area contributed by atoms with Gasteiger partial charge in [-0.1, -0.05) is 6.07 Å². The molecule has 0 saturated heterocycles. The van der Waals surface area contributed by atoms with E-state index in [9.17, 15) is 4.79 Å². The fourth-order valence-corrected chi connectivity index (χ4v) is 2.89. The van der Waals surface area contributed by atoms with Crippen LogP contribution in [0.3, 0.4) is 0 Å². The quantitative estimate of drug-likeness (QED) is 0.554. The summed E-state index contributed by atoms with van der Waals surface area (Å²) in [6, 6.07) is 12.7. The van der Waals surface area contributed by atoms with Crippen LogP contribution in [0.4, 0.5) is 5.82 Å². The fourth-order valence-electron chi connectivity index (χ4n) is 2.89. The van der Waals surface area contributed by atoms with Crippen LogP contribution in [0, 0.1) is 18.3 Å². The van der Waals surface area contributed by atoms with Crippen molar-refractivity contribution in [2.75, 3.05) is 11.9 Å². The summed E-state index contributed by atoms with van der Waals surface area (Å²) in [6.45, 7) is 1.98. The molecule has 0 spiro atoms. The minimum absolute atomic E-state index is 0.205. The summed E-state index contributed by atoms with van der Waals surface area (Å²) in [7, 11) is 1.65. The number of pyridine rings is 3. The second-order valence-electron chi connectivity index (χ2n) is 6.41. The van der Waals surface area contributed by atoms with E-state index in [0.717, 1.165) is 22.3 Å². The Kier molecular flexibility index (Phi) is 4.30. The van der Waals surface area contributed by atoms with Crippen LogP contribution >= 0.6 is 0 Å². The van der Waals surface area contributed by atoms with Gasteiger partial charge < -0.3 is 0 Å². The molecule has 0 N–H and O–H groups in total. The second-order valence-corrected chi connectivity index (χ2v) is 6.41. The Morgan fingerprint density at radius 1 is 1.11 bits per heavy atom. The van der Waals surface area contributed by atoms with Gasteiger partial charge >= 0.3 is 0 Å². The van der Waals surface area contributed by atoms with E-state index in [1.54, 1.807) is 54.4 Å². The Hall–Kier alpha value is -4.05. The van der Waals surface area contributed by atoms with E-state index in [2.05, 4.69) is 15.1 Å². The molecular weight excluding hydrogens is 352 g/mol. The molecule has 0 unspecified atom stereocenters. The Morgan fingerprint density at radius 2 is 1.96 bits per heavy atom. The Morgan fingerprint density at radius 3 is 2.64 bits per heavy atom. The molecule has 0 atom stereocenters. The Bertz CT molecular complexity index is 1200. The van der Waals surface area contributed by atoms with Crippen LogP contribution in [0.15, 0.2) is 61.2 Å². The largest absolute Gasteiger partial charge is 0.296 e. The smallest absolute Gasteiger partial charge is 0.259 e. The molecule has 7 nitrogen and oxygen atoms in total. The molecule has 136 valence electrons. The van der Waals surface area contributed by atoms with E-state index in [1.165, 1.54) is 11.1 Å². The summed E-state index contributed by atoms with van der Waals surface area (Å²) in [6.07, 6.45) is 6.74. The first-order valence-electron chi connectivity index (χ1n) is 8.61.